The number of nitrogens with one attached hydrogen (secondary N) is 1. The number of piperazine rings is 1. The van der Waals surface area contributed by atoms with Gasteiger partial charge in [-0.1, -0.05) is 51.6 Å². The zero-order chi connectivity index (χ0) is 30.0. The van der Waals surface area contributed by atoms with Gasteiger partial charge in [0.25, 0.3) is 5.91 Å². The molecule has 3 aromatic rings. The van der Waals surface area contributed by atoms with E-state index in [-0.39, 0.29) is 30.4 Å². The van der Waals surface area contributed by atoms with Crippen molar-refractivity contribution in [1.29, 1.82) is 0 Å². The fourth-order valence-corrected chi connectivity index (χ4v) is 6.44. The Morgan fingerprint density at radius 2 is 1.67 bits per heavy atom. The normalized spacial score (nSPS) is 18.5. The number of benzene rings is 2. The molecular formula is C32H39Cl2N5O3. The van der Waals surface area contributed by atoms with E-state index in [1.54, 1.807) is 6.07 Å². The molecule has 0 radical (unpaired) electrons. The molecule has 0 bridgehead atoms. The number of aryl methyl sites for hydroxylation is 4. The number of nitrogens with zero attached hydrogens (tertiary/aromatic N) is 4. The lowest BCUT2D eigenvalue weighted by atomic mass is 10.00. The summed E-state index contributed by atoms with van der Waals surface area (Å²) in [7, 11) is 0. The van der Waals surface area contributed by atoms with E-state index in [0.29, 0.717) is 35.2 Å². The summed E-state index contributed by atoms with van der Waals surface area (Å²) in [6.45, 7) is 12.2. The number of aromatic nitrogens is 1. The van der Waals surface area contributed by atoms with E-state index >= 15 is 0 Å². The molecule has 10 heteroatoms. The van der Waals surface area contributed by atoms with Crippen LogP contribution in [0.15, 0.2) is 40.9 Å². The number of hydrogen-bond acceptors (Lipinski definition) is 6. The molecule has 2 aromatic carbocycles. The molecule has 0 aliphatic carbocycles. The molecule has 1 aromatic heterocycles. The van der Waals surface area contributed by atoms with Crippen LogP contribution in [0, 0.1) is 27.7 Å². The van der Waals surface area contributed by atoms with Gasteiger partial charge in [-0.05, 0) is 83.5 Å². The first-order valence-corrected chi connectivity index (χ1v) is 15.3. The van der Waals surface area contributed by atoms with Crippen LogP contribution in [0.4, 0.5) is 0 Å². The van der Waals surface area contributed by atoms with Gasteiger partial charge in [-0.2, -0.15) is 0 Å². The van der Waals surface area contributed by atoms with E-state index in [1.165, 1.54) is 5.56 Å². The molecule has 1 atom stereocenters. The SMILES string of the molecule is Cc1cc(C)cc(C(=O)N2CCN(C(=O)CNC3CCN(Cc4c(C)noc4C)CC3)C(c3ccc(Cl)c(Cl)c3)C2)c1. The summed E-state index contributed by atoms with van der Waals surface area (Å²) in [5.41, 5.74) is 5.75. The van der Waals surface area contributed by atoms with Crippen molar-refractivity contribution in [3.8, 4) is 0 Å². The van der Waals surface area contributed by atoms with Gasteiger partial charge >= 0.3 is 0 Å². The largest absolute Gasteiger partial charge is 0.361 e. The summed E-state index contributed by atoms with van der Waals surface area (Å²) in [6, 6.07) is 11.3. The molecule has 0 spiro atoms. The molecule has 1 N–H and O–H groups in total. The van der Waals surface area contributed by atoms with Crippen LogP contribution < -0.4 is 5.32 Å². The molecule has 2 fully saturated rings. The van der Waals surface area contributed by atoms with Crippen molar-refractivity contribution in [1.82, 2.24) is 25.2 Å². The van der Waals surface area contributed by atoms with Crippen LogP contribution in [-0.2, 0) is 11.3 Å². The highest BCUT2D eigenvalue weighted by molar-refractivity contribution is 6.42. The Balaban J connectivity index is 1.23. The lowest BCUT2D eigenvalue weighted by Gasteiger charge is -2.42. The van der Waals surface area contributed by atoms with Crippen molar-refractivity contribution < 1.29 is 14.1 Å². The van der Waals surface area contributed by atoms with Crippen LogP contribution in [0.25, 0.3) is 0 Å². The maximum atomic E-state index is 13.6. The van der Waals surface area contributed by atoms with E-state index in [4.69, 9.17) is 27.7 Å². The van der Waals surface area contributed by atoms with E-state index in [9.17, 15) is 9.59 Å². The third kappa shape index (κ3) is 7.00. The monoisotopic (exact) mass is 611 g/mol. The van der Waals surface area contributed by atoms with Crippen molar-refractivity contribution >= 4 is 35.0 Å². The van der Waals surface area contributed by atoms with E-state index in [1.807, 2.05) is 61.8 Å². The van der Waals surface area contributed by atoms with Gasteiger partial charge in [0.05, 0.1) is 28.3 Å². The Kier molecular flexibility index (Phi) is 9.57. The van der Waals surface area contributed by atoms with Crippen LogP contribution in [0.1, 0.15) is 62.9 Å². The maximum absolute atomic E-state index is 13.6. The average molecular weight is 613 g/mol. The van der Waals surface area contributed by atoms with Gasteiger partial charge in [0.1, 0.15) is 5.76 Å². The summed E-state index contributed by atoms with van der Waals surface area (Å²) < 4.78 is 5.32. The van der Waals surface area contributed by atoms with Gasteiger partial charge in [0.2, 0.25) is 5.91 Å². The highest BCUT2D eigenvalue weighted by Gasteiger charge is 2.34. The predicted molar refractivity (Wildman–Crippen MR) is 165 cm³/mol. The Labute approximate surface area is 257 Å². The summed E-state index contributed by atoms with van der Waals surface area (Å²) >= 11 is 12.6. The standard InChI is InChI=1S/C32H39Cl2N5O3/c1-20-13-21(2)15-25(14-20)32(41)38-11-12-39(30(19-38)24-5-6-28(33)29(34)16-24)31(40)17-35-26-7-9-37(10-8-26)18-27-22(3)36-42-23(27)4/h5-6,13-16,26,30,35H,7-12,17-19H2,1-4H3. The van der Waals surface area contributed by atoms with Crippen molar-refractivity contribution in [3.05, 3.63) is 85.7 Å². The highest BCUT2D eigenvalue weighted by Crippen LogP contribution is 2.31. The van der Waals surface area contributed by atoms with Crippen molar-refractivity contribution in [3.63, 3.8) is 0 Å². The van der Waals surface area contributed by atoms with Gasteiger partial charge in [0, 0.05) is 43.3 Å². The predicted octanol–water partition coefficient (Wildman–Crippen LogP) is 5.49. The first kappa shape index (κ1) is 30.5. The molecule has 224 valence electrons. The number of carbonyl (C=O) groups is 2. The number of amides is 2. The van der Waals surface area contributed by atoms with Crippen LogP contribution >= 0.6 is 23.2 Å². The lowest BCUT2D eigenvalue weighted by molar-refractivity contribution is -0.135. The Morgan fingerprint density at radius 1 is 0.952 bits per heavy atom. The van der Waals surface area contributed by atoms with Crippen molar-refractivity contribution in [2.24, 2.45) is 0 Å². The molecule has 1 unspecified atom stereocenters. The average Bonchev–Trinajstić information content (AvgIpc) is 3.29. The second kappa shape index (κ2) is 13.2. The number of likely N-dealkylation sites (tertiary alicyclic amines) is 1. The quantitative estimate of drug-likeness (QED) is 0.380. The third-order valence-corrected chi connectivity index (χ3v) is 9.22. The second-order valence-electron chi connectivity index (χ2n) is 11.6. The zero-order valence-corrected chi connectivity index (χ0v) is 26.3. The Hall–Kier alpha value is -2.91. The number of carbonyl (C=O) groups excluding carboxylic acids is 2. The second-order valence-corrected chi connectivity index (χ2v) is 12.5. The number of halogens is 2. The summed E-state index contributed by atoms with van der Waals surface area (Å²) in [5.74, 6) is 0.869. The van der Waals surface area contributed by atoms with Crippen LogP contribution in [-0.4, -0.2) is 77.0 Å². The minimum absolute atomic E-state index is 0.0164. The number of rotatable bonds is 7. The molecule has 3 heterocycles. The van der Waals surface area contributed by atoms with E-state index in [2.05, 4.69) is 21.4 Å². The molecule has 2 saturated heterocycles. The van der Waals surface area contributed by atoms with Gasteiger partial charge in [-0.15, -0.1) is 0 Å². The van der Waals surface area contributed by atoms with Crippen molar-refractivity contribution in [2.75, 3.05) is 39.3 Å². The lowest BCUT2D eigenvalue weighted by Crippen LogP contribution is -2.54. The summed E-state index contributed by atoms with van der Waals surface area (Å²) in [5, 5.41) is 8.47. The van der Waals surface area contributed by atoms with Crippen molar-refractivity contribution in [2.45, 2.75) is 59.2 Å². The Morgan fingerprint density at radius 3 is 2.31 bits per heavy atom. The van der Waals surface area contributed by atoms with Crippen LogP contribution in [0.3, 0.4) is 0 Å². The number of hydrogen-bond donors (Lipinski definition) is 1. The first-order chi connectivity index (χ1) is 20.1. The number of piperidine rings is 1. The molecular weight excluding hydrogens is 573 g/mol. The molecule has 2 aliphatic heterocycles. The highest BCUT2D eigenvalue weighted by atomic mass is 35.5. The minimum atomic E-state index is -0.324. The fraction of sp³-hybridized carbons (Fsp3) is 0.469. The molecule has 2 aliphatic rings. The molecule has 2 amide bonds. The Bertz CT molecular complexity index is 1410. The van der Waals surface area contributed by atoms with Crippen LogP contribution in [0.5, 0.6) is 0 Å². The van der Waals surface area contributed by atoms with Crippen LogP contribution in [0.2, 0.25) is 10.0 Å². The first-order valence-electron chi connectivity index (χ1n) is 14.6. The van der Waals surface area contributed by atoms with Gasteiger partial charge in [-0.25, -0.2) is 0 Å². The van der Waals surface area contributed by atoms with E-state index in [0.717, 1.165) is 60.6 Å². The minimum Gasteiger partial charge on any atom is -0.361 e. The topological polar surface area (TPSA) is 81.9 Å². The zero-order valence-electron chi connectivity index (χ0n) is 24.8. The maximum Gasteiger partial charge on any atom is 0.254 e. The molecule has 42 heavy (non-hydrogen) atoms. The van der Waals surface area contributed by atoms with E-state index < -0.39 is 0 Å². The summed E-state index contributed by atoms with van der Waals surface area (Å²) in [6.07, 6.45) is 1.93. The van der Waals surface area contributed by atoms with Gasteiger partial charge in [0.15, 0.2) is 0 Å². The smallest absolute Gasteiger partial charge is 0.254 e. The fourth-order valence-electron chi connectivity index (χ4n) is 6.13. The molecule has 5 rings (SSSR count). The molecule has 0 saturated carbocycles. The third-order valence-electron chi connectivity index (χ3n) is 8.48. The van der Waals surface area contributed by atoms with Gasteiger partial charge < -0.3 is 19.6 Å². The molecule has 8 nitrogen and oxygen atoms in total. The van der Waals surface area contributed by atoms with Gasteiger partial charge in [-0.3, -0.25) is 14.5 Å². The summed E-state index contributed by atoms with van der Waals surface area (Å²) in [4.78, 5) is 33.3.